The Balaban J connectivity index is 2.08. The number of hydrogen-bond acceptors (Lipinski definition) is 2. The maximum Gasteiger partial charge on any atom is 0.153 e. The van der Waals surface area contributed by atoms with Gasteiger partial charge in [-0.25, -0.2) is 0 Å². The predicted octanol–water partition coefficient (Wildman–Crippen LogP) is 4.36. The molecular formula is C14H17BrO2. The number of aldehydes is 1. The van der Waals surface area contributed by atoms with E-state index in [9.17, 15) is 4.79 Å². The van der Waals surface area contributed by atoms with Crippen LogP contribution in [0.5, 0.6) is 5.75 Å². The molecule has 0 aliphatic heterocycles. The molecule has 0 heterocycles. The fraction of sp³-hybridized carbons (Fsp3) is 0.500. The van der Waals surface area contributed by atoms with Gasteiger partial charge in [0.2, 0.25) is 0 Å². The molecule has 0 amide bonds. The number of carbonyl (C=O) groups is 1. The van der Waals surface area contributed by atoms with Gasteiger partial charge in [0.25, 0.3) is 0 Å². The molecule has 3 heteroatoms. The molecule has 0 radical (unpaired) electrons. The van der Waals surface area contributed by atoms with Gasteiger partial charge in [0, 0.05) is 4.47 Å². The fourth-order valence-corrected chi connectivity index (χ4v) is 2.64. The van der Waals surface area contributed by atoms with Gasteiger partial charge in [0.1, 0.15) is 5.75 Å². The number of ether oxygens (including phenoxy) is 1. The first-order valence-electron chi connectivity index (χ1n) is 6.21. The van der Waals surface area contributed by atoms with Gasteiger partial charge in [0.05, 0.1) is 11.7 Å². The normalized spacial score (nSPS) is 17.5. The van der Waals surface area contributed by atoms with Gasteiger partial charge in [-0.2, -0.15) is 0 Å². The lowest BCUT2D eigenvalue weighted by atomic mass is 10.1. The number of rotatable bonds is 3. The summed E-state index contributed by atoms with van der Waals surface area (Å²) in [6.07, 6.45) is 8.42. The Hall–Kier alpha value is -0.830. The molecule has 2 nitrogen and oxygen atoms in total. The Kier molecular flexibility index (Phi) is 4.60. The SMILES string of the molecule is O=Cc1cc(Br)ccc1OC1CCCCCC1. The highest BCUT2D eigenvalue weighted by atomic mass is 79.9. The van der Waals surface area contributed by atoms with Crippen LogP contribution < -0.4 is 4.74 Å². The molecule has 92 valence electrons. The zero-order valence-electron chi connectivity index (χ0n) is 9.82. The van der Waals surface area contributed by atoms with Crippen LogP contribution in [0.4, 0.5) is 0 Å². The van der Waals surface area contributed by atoms with Crippen molar-refractivity contribution in [2.24, 2.45) is 0 Å². The highest BCUT2D eigenvalue weighted by Gasteiger charge is 2.15. The Bertz CT molecular complexity index is 382. The van der Waals surface area contributed by atoms with E-state index in [0.717, 1.165) is 29.4 Å². The lowest BCUT2D eigenvalue weighted by Gasteiger charge is -2.18. The van der Waals surface area contributed by atoms with E-state index < -0.39 is 0 Å². The second kappa shape index (κ2) is 6.20. The van der Waals surface area contributed by atoms with Gasteiger partial charge in [-0.1, -0.05) is 28.8 Å². The van der Waals surface area contributed by atoms with E-state index in [0.29, 0.717) is 5.56 Å². The third-order valence-corrected chi connectivity index (χ3v) is 3.69. The minimum Gasteiger partial charge on any atom is -0.490 e. The number of carbonyl (C=O) groups excluding carboxylic acids is 1. The topological polar surface area (TPSA) is 26.3 Å². The molecule has 1 fully saturated rings. The maximum absolute atomic E-state index is 11.0. The van der Waals surface area contributed by atoms with Gasteiger partial charge in [-0.05, 0) is 43.9 Å². The molecule has 0 spiro atoms. The van der Waals surface area contributed by atoms with Gasteiger partial charge in [-0.15, -0.1) is 0 Å². The zero-order chi connectivity index (χ0) is 12.1. The molecule has 17 heavy (non-hydrogen) atoms. The van der Waals surface area contributed by atoms with Crippen LogP contribution in [0.2, 0.25) is 0 Å². The average Bonchev–Trinajstić information content (AvgIpc) is 2.60. The molecule has 1 aromatic carbocycles. The quantitative estimate of drug-likeness (QED) is 0.612. The molecule has 0 unspecified atom stereocenters. The number of benzene rings is 1. The third-order valence-electron chi connectivity index (χ3n) is 3.19. The standard InChI is InChI=1S/C14H17BrO2/c15-12-7-8-14(11(9-12)10-16)17-13-5-3-1-2-4-6-13/h7-10,13H,1-6H2. The van der Waals surface area contributed by atoms with Crippen molar-refractivity contribution in [2.45, 2.75) is 44.6 Å². The summed E-state index contributed by atoms with van der Waals surface area (Å²) in [4.78, 5) is 11.0. The number of halogens is 1. The maximum atomic E-state index is 11.0. The van der Waals surface area contributed by atoms with Crippen molar-refractivity contribution in [1.29, 1.82) is 0 Å². The molecule has 1 aliphatic rings. The highest BCUT2D eigenvalue weighted by Crippen LogP contribution is 2.26. The summed E-state index contributed by atoms with van der Waals surface area (Å²) < 4.78 is 6.87. The summed E-state index contributed by atoms with van der Waals surface area (Å²) in [5, 5.41) is 0. The molecular weight excluding hydrogens is 280 g/mol. The van der Waals surface area contributed by atoms with Crippen LogP contribution in [0, 0.1) is 0 Å². The van der Waals surface area contributed by atoms with Crippen molar-refractivity contribution in [3.05, 3.63) is 28.2 Å². The van der Waals surface area contributed by atoms with E-state index in [-0.39, 0.29) is 6.10 Å². The summed E-state index contributed by atoms with van der Waals surface area (Å²) in [5.74, 6) is 0.718. The van der Waals surface area contributed by atoms with Crippen LogP contribution in [0.15, 0.2) is 22.7 Å². The van der Waals surface area contributed by atoms with E-state index in [1.54, 1.807) is 6.07 Å². The van der Waals surface area contributed by atoms with E-state index >= 15 is 0 Å². The first-order valence-corrected chi connectivity index (χ1v) is 7.00. The Morgan fingerprint density at radius 3 is 2.53 bits per heavy atom. The lowest BCUT2D eigenvalue weighted by Crippen LogP contribution is -2.15. The van der Waals surface area contributed by atoms with Crippen LogP contribution >= 0.6 is 15.9 Å². The first kappa shape index (κ1) is 12.6. The fourth-order valence-electron chi connectivity index (χ4n) is 2.26. The van der Waals surface area contributed by atoms with Gasteiger partial charge >= 0.3 is 0 Å². The van der Waals surface area contributed by atoms with Crippen LogP contribution in [0.1, 0.15) is 48.9 Å². The second-order valence-corrected chi connectivity index (χ2v) is 5.45. The average molecular weight is 297 g/mol. The van der Waals surface area contributed by atoms with Crippen LogP contribution in [-0.4, -0.2) is 12.4 Å². The van der Waals surface area contributed by atoms with E-state index in [2.05, 4.69) is 15.9 Å². The molecule has 1 saturated carbocycles. The van der Waals surface area contributed by atoms with Gasteiger partial charge < -0.3 is 4.74 Å². The minimum atomic E-state index is 0.275. The molecule has 0 atom stereocenters. The van der Waals surface area contributed by atoms with Crippen molar-refractivity contribution < 1.29 is 9.53 Å². The predicted molar refractivity (Wildman–Crippen MR) is 71.6 cm³/mol. The minimum absolute atomic E-state index is 0.275. The summed E-state index contributed by atoms with van der Waals surface area (Å²) in [6, 6.07) is 5.59. The lowest BCUT2D eigenvalue weighted by molar-refractivity contribution is 0.111. The summed E-state index contributed by atoms with van der Waals surface area (Å²) in [6.45, 7) is 0. The largest absolute Gasteiger partial charge is 0.490 e. The second-order valence-electron chi connectivity index (χ2n) is 4.53. The summed E-state index contributed by atoms with van der Waals surface area (Å²) in [5.41, 5.74) is 0.628. The van der Waals surface area contributed by atoms with Crippen molar-refractivity contribution in [3.8, 4) is 5.75 Å². The molecule has 0 N–H and O–H groups in total. The molecule has 1 aliphatic carbocycles. The molecule has 2 rings (SSSR count). The monoisotopic (exact) mass is 296 g/mol. The first-order chi connectivity index (χ1) is 8.29. The van der Waals surface area contributed by atoms with Crippen molar-refractivity contribution in [2.75, 3.05) is 0 Å². The Morgan fingerprint density at radius 2 is 1.88 bits per heavy atom. The van der Waals surface area contributed by atoms with E-state index in [1.807, 2.05) is 12.1 Å². The van der Waals surface area contributed by atoms with E-state index in [4.69, 9.17) is 4.74 Å². The van der Waals surface area contributed by atoms with Gasteiger partial charge in [-0.3, -0.25) is 4.79 Å². The molecule has 0 bridgehead atoms. The van der Waals surface area contributed by atoms with Crippen molar-refractivity contribution >= 4 is 22.2 Å². The zero-order valence-corrected chi connectivity index (χ0v) is 11.4. The van der Waals surface area contributed by atoms with Crippen molar-refractivity contribution in [3.63, 3.8) is 0 Å². The Morgan fingerprint density at radius 1 is 1.18 bits per heavy atom. The summed E-state index contributed by atoms with van der Waals surface area (Å²) in [7, 11) is 0. The smallest absolute Gasteiger partial charge is 0.153 e. The van der Waals surface area contributed by atoms with Gasteiger partial charge in [0.15, 0.2) is 6.29 Å². The van der Waals surface area contributed by atoms with E-state index in [1.165, 1.54) is 25.7 Å². The highest BCUT2D eigenvalue weighted by molar-refractivity contribution is 9.10. The third kappa shape index (κ3) is 3.56. The van der Waals surface area contributed by atoms with Crippen LogP contribution in [0.3, 0.4) is 0 Å². The Labute approximate surface area is 110 Å². The van der Waals surface area contributed by atoms with Crippen LogP contribution in [0.25, 0.3) is 0 Å². The summed E-state index contributed by atoms with van der Waals surface area (Å²) >= 11 is 3.36. The molecule has 1 aromatic rings. The molecule has 0 aromatic heterocycles. The number of hydrogen-bond donors (Lipinski definition) is 0. The molecule has 0 saturated heterocycles. The van der Waals surface area contributed by atoms with Crippen molar-refractivity contribution in [1.82, 2.24) is 0 Å². The van der Waals surface area contributed by atoms with Crippen LogP contribution in [-0.2, 0) is 0 Å².